The van der Waals surface area contributed by atoms with E-state index < -0.39 is 0 Å². The van der Waals surface area contributed by atoms with Gasteiger partial charge in [0, 0.05) is 6.54 Å². The lowest BCUT2D eigenvalue weighted by Crippen LogP contribution is -2.43. The number of rotatable bonds is 2. The molecule has 0 amide bonds. The molecule has 1 fully saturated rings. The summed E-state index contributed by atoms with van der Waals surface area (Å²) in [5, 5.41) is 0. The lowest BCUT2D eigenvalue weighted by molar-refractivity contribution is 0.0613. The first-order valence-electron chi connectivity index (χ1n) is 6.05. The van der Waals surface area contributed by atoms with Crippen LogP contribution < -0.4 is 0 Å². The van der Waals surface area contributed by atoms with E-state index in [0.717, 1.165) is 0 Å². The van der Waals surface area contributed by atoms with Crippen LogP contribution in [-0.4, -0.2) is 24.5 Å². The zero-order valence-corrected chi connectivity index (χ0v) is 10.7. The SMILES string of the molecule is CC(C)(C)C(C)(C)CN1CCCCC1. The summed E-state index contributed by atoms with van der Waals surface area (Å²) < 4.78 is 0. The van der Waals surface area contributed by atoms with Gasteiger partial charge in [0.15, 0.2) is 0 Å². The minimum Gasteiger partial charge on any atom is -0.303 e. The monoisotopic (exact) mass is 197 g/mol. The minimum atomic E-state index is 0.407. The molecule has 84 valence electrons. The van der Waals surface area contributed by atoms with Crippen molar-refractivity contribution < 1.29 is 0 Å². The molecule has 0 bridgehead atoms. The third kappa shape index (κ3) is 2.98. The van der Waals surface area contributed by atoms with Gasteiger partial charge >= 0.3 is 0 Å². The van der Waals surface area contributed by atoms with Gasteiger partial charge in [0.1, 0.15) is 0 Å². The van der Waals surface area contributed by atoms with Crippen LogP contribution in [0.5, 0.6) is 0 Å². The minimum absolute atomic E-state index is 0.407. The Labute approximate surface area is 89.9 Å². The van der Waals surface area contributed by atoms with E-state index >= 15 is 0 Å². The van der Waals surface area contributed by atoms with Crippen LogP contribution in [0.3, 0.4) is 0 Å². The Morgan fingerprint density at radius 2 is 1.36 bits per heavy atom. The predicted molar refractivity (Wildman–Crippen MR) is 63.5 cm³/mol. The molecule has 1 aliphatic rings. The van der Waals surface area contributed by atoms with Gasteiger partial charge in [-0.25, -0.2) is 0 Å². The molecule has 0 N–H and O–H groups in total. The van der Waals surface area contributed by atoms with E-state index in [1.807, 2.05) is 0 Å². The third-order valence-electron chi connectivity index (χ3n) is 4.10. The average molecular weight is 197 g/mol. The predicted octanol–water partition coefficient (Wildman–Crippen LogP) is 3.54. The molecule has 1 saturated heterocycles. The molecule has 1 heteroatoms. The number of hydrogen-bond donors (Lipinski definition) is 0. The highest BCUT2D eigenvalue weighted by Crippen LogP contribution is 2.38. The zero-order chi connectivity index (χ0) is 10.8. The van der Waals surface area contributed by atoms with Crippen molar-refractivity contribution >= 4 is 0 Å². The second kappa shape index (κ2) is 4.22. The lowest BCUT2D eigenvalue weighted by Gasteiger charge is -2.43. The standard InChI is InChI=1S/C13H27N/c1-12(2,3)13(4,5)11-14-9-7-6-8-10-14/h6-11H2,1-5H3. The van der Waals surface area contributed by atoms with Gasteiger partial charge in [-0.1, -0.05) is 41.0 Å². The summed E-state index contributed by atoms with van der Waals surface area (Å²) in [5.74, 6) is 0. The van der Waals surface area contributed by atoms with Gasteiger partial charge in [0.05, 0.1) is 0 Å². The Morgan fingerprint density at radius 3 is 1.79 bits per heavy atom. The molecule has 1 rings (SSSR count). The van der Waals surface area contributed by atoms with Crippen molar-refractivity contribution in [3.63, 3.8) is 0 Å². The van der Waals surface area contributed by atoms with Crippen molar-refractivity contribution in [2.45, 2.75) is 53.9 Å². The largest absolute Gasteiger partial charge is 0.303 e. The summed E-state index contributed by atoms with van der Waals surface area (Å²) in [4.78, 5) is 2.65. The van der Waals surface area contributed by atoms with E-state index in [1.54, 1.807) is 0 Å². The maximum absolute atomic E-state index is 2.65. The molecule has 14 heavy (non-hydrogen) atoms. The van der Waals surface area contributed by atoms with E-state index in [4.69, 9.17) is 0 Å². The molecule has 1 heterocycles. The van der Waals surface area contributed by atoms with E-state index in [9.17, 15) is 0 Å². The Morgan fingerprint density at radius 1 is 0.857 bits per heavy atom. The van der Waals surface area contributed by atoms with Crippen LogP contribution in [0.15, 0.2) is 0 Å². The molecular weight excluding hydrogens is 170 g/mol. The highest BCUT2D eigenvalue weighted by molar-refractivity contribution is 4.85. The van der Waals surface area contributed by atoms with Crippen LogP contribution in [0.4, 0.5) is 0 Å². The van der Waals surface area contributed by atoms with Gasteiger partial charge in [0.25, 0.3) is 0 Å². The van der Waals surface area contributed by atoms with Gasteiger partial charge in [-0.3, -0.25) is 0 Å². The molecule has 0 aromatic heterocycles. The number of hydrogen-bond acceptors (Lipinski definition) is 1. The van der Waals surface area contributed by atoms with Crippen molar-refractivity contribution in [1.29, 1.82) is 0 Å². The van der Waals surface area contributed by atoms with E-state index in [-0.39, 0.29) is 0 Å². The van der Waals surface area contributed by atoms with E-state index in [2.05, 4.69) is 39.5 Å². The molecule has 0 spiro atoms. The molecule has 0 unspecified atom stereocenters. The summed E-state index contributed by atoms with van der Waals surface area (Å²) in [6.45, 7) is 15.8. The summed E-state index contributed by atoms with van der Waals surface area (Å²) in [6, 6.07) is 0. The van der Waals surface area contributed by atoms with Crippen LogP contribution in [0.25, 0.3) is 0 Å². The van der Waals surface area contributed by atoms with Gasteiger partial charge in [-0.05, 0) is 36.8 Å². The zero-order valence-electron chi connectivity index (χ0n) is 10.7. The fraction of sp³-hybridized carbons (Fsp3) is 1.00. The summed E-state index contributed by atoms with van der Waals surface area (Å²) in [7, 11) is 0. The average Bonchev–Trinajstić information content (AvgIpc) is 2.03. The van der Waals surface area contributed by atoms with Gasteiger partial charge in [0.2, 0.25) is 0 Å². The molecule has 0 atom stereocenters. The highest BCUT2D eigenvalue weighted by Gasteiger charge is 2.34. The highest BCUT2D eigenvalue weighted by atomic mass is 15.1. The number of piperidine rings is 1. The molecule has 0 aliphatic carbocycles. The Balaban J connectivity index is 2.49. The van der Waals surface area contributed by atoms with Crippen molar-refractivity contribution in [3.8, 4) is 0 Å². The Bertz CT molecular complexity index is 170. The fourth-order valence-corrected chi connectivity index (χ4v) is 1.91. The van der Waals surface area contributed by atoms with Crippen molar-refractivity contribution in [1.82, 2.24) is 4.90 Å². The summed E-state index contributed by atoms with van der Waals surface area (Å²) >= 11 is 0. The van der Waals surface area contributed by atoms with Crippen molar-refractivity contribution in [2.75, 3.05) is 19.6 Å². The topological polar surface area (TPSA) is 3.24 Å². The van der Waals surface area contributed by atoms with E-state index in [1.165, 1.54) is 38.9 Å². The maximum Gasteiger partial charge on any atom is 0.00377 e. The third-order valence-corrected chi connectivity index (χ3v) is 4.10. The Hall–Kier alpha value is -0.0400. The maximum atomic E-state index is 2.65. The van der Waals surface area contributed by atoms with Crippen LogP contribution in [0.2, 0.25) is 0 Å². The summed E-state index contributed by atoms with van der Waals surface area (Å²) in [6.07, 6.45) is 4.24. The van der Waals surface area contributed by atoms with Crippen LogP contribution in [0, 0.1) is 10.8 Å². The van der Waals surface area contributed by atoms with Gasteiger partial charge in [-0.15, -0.1) is 0 Å². The molecule has 0 radical (unpaired) electrons. The van der Waals surface area contributed by atoms with Crippen molar-refractivity contribution in [3.05, 3.63) is 0 Å². The molecule has 0 saturated carbocycles. The smallest absolute Gasteiger partial charge is 0.00377 e. The quantitative estimate of drug-likeness (QED) is 0.654. The first kappa shape index (κ1) is 12.0. The Kier molecular flexibility index (Phi) is 3.63. The molecule has 1 nitrogen and oxygen atoms in total. The molecule has 0 aromatic rings. The molecule has 1 aliphatic heterocycles. The van der Waals surface area contributed by atoms with Crippen molar-refractivity contribution in [2.24, 2.45) is 10.8 Å². The number of likely N-dealkylation sites (tertiary alicyclic amines) is 1. The summed E-state index contributed by atoms with van der Waals surface area (Å²) in [5.41, 5.74) is 0.828. The van der Waals surface area contributed by atoms with E-state index in [0.29, 0.717) is 10.8 Å². The second-order valence-corrected chi connectivity index (χ2v) is 6.47. The van der Waals surface area contributed by atoms with Crippen LogP contribution >= 0.6 is 0 Å². The normalized spacial score (nSPS) is 21.2. The fourth-order valence-electron chi connectivity index (χ4n) is 1.91. The van der Waals surface area contributed by atoms with Crippen LogP contribution in [-0.2, 0) is 0 Å². The lowest BCUT2D eigenvalue weighted by atomic mass is 9.69. The molecule has 0 aromatic carbocycles. The first-order chi connectivity index (χ1) is 6.33. The van der Waals surface area contributed by atoms with Crippen LogP contribution in [0.1, 0.15) is 53.9 Å². The van der Waals surface area contributed by atoms with Gasteiger partial charge in [-0.2, -0.15) is 0 Å². The second-order valence-electron chi connectivity index (χ2n) is 6.47. The van der Waals surface area contributed by atoms with Gasteiger partial charge < -0.3 is 4.90 Å². The number of nitrogens with zero attached hydrogens (tertiary/aromatic N) is 1. The molecular formula is C13H27N. The first-order valence-corrected chi connectivity index (χ1v) is 6.05.